The van der Waals surface area contributed by atoms with Crippen LogP contribution in [0.25, 0.3) is 0 Å². The number of rotatable bonds is 26. The first kappa shape index (κ1) is 36.5. The Bertz CT molecular complexity index is 518. The van der Waals surface area contributed by atoms with Crippen LogP contribution in [0, 0.1) is 0 Å². The summed E-state index contributed by atoms with van der Waals surface area (Å²) in [5.41, 5.74) is 0.177. The van der Waals surface area contributed by atoms with Crippen LogP contribution in [-0.4, -0.2) is 50.1 Å². The number of ether oxygens (including phenoxy) is 3. The lowest BCUT2D eigenvalue weighted by Crippen LogP contribution is -2.07. The van der Waals surface area contributed by atoms with Crippen molar-refractivity contribution >= 4 is 11.9 Å². The number of esters is 1. The van der Waals surface area contributed by atoms with Crippen molar-refractivity contribution < 1.29 is 28.9 Å². The first-order chi connectivity index (χ1) is 17.5. The lowest BCUT2D eigenvalue weighted by atomic mass is 10.0. The van der Waals surface area contributed by atoms with Gasteiger partial charge in [-0.25, -0.2) is 9.59 Å². The second-order valence-electron chi connectivity index (χ2n) is 9.14. The van der Waals surface area contributed by atoms with E-state index in [1.165, 1.54) is 102 Å². The molecule has 0 aromatic carbocycles. The summed E-state index contributed by atoms with van der Waals surface area (Å²) < 4.78 is 15.1. The van der Waals surface area contributed by atoms with E-state index in [0.29, 0.717) is 39.5 Å². The first-order valence-corrected chi connectivity index (χ1v) is 14.3. The van der Waals surface area contributed by atoms with Gasteiger partial charge in [-0.2, -0.15) is 0 Å². The number of aliphatic carboxylic acids is 1. The van der Waals surface area contributed by atoms with Gasteiger partial charge in [-0.05, 0) is 13.3 Å². The average molecular weight is 513 g/mol. The maximum atomic E-state index is 10.8. The molecule has 0 heterocycles. The fourth-order valence-corrected chi connectivity index (χ4v) is 3.55. The number of unbranched alkanes of at least 4 members (excludes halogenated alkanes) is 15. The topological polar surface area (TPSA) is 82.1 Å². The molecule has 0 aromatic heterocycles. The van der Waals surface area contributed by atoms with Gasteiger partial charge in [0.1, 0.15) is 0 Å². The molecule has 0 amide bonds. The molecule has 6 nitrogen and oxygen atoms in total. The quantitative estimate of drug-likeness (QED) is 0.0717. The number of hydrogen-bond acceptors (Lipinski definition) is 5. The van der Waals surface area contributed by atoms with E-state index in [1.54, 1.807) is 0 Å². The molecule has 0 radical (unpaired) electrons. The van der Waals surface area contributed by atoms with E-state index in [1.807, 2.05) is 6.92 Å². The number of carboxylic acid groups (broad SMARTS) is 1. The fraction of sp³-hybridized carbons (Fsp3) is 0.800. The highest BCUT2D eigenvalue weighted by Crippen LogP contribution is 2.13. The van der Waals surface area contributed by atoms with Gasteiger partial charge in [-0.3, -0.25) is 0 Å². The van der Waals surface area contributed by atoms with Crippen molar-refractivity contribution in [3.8, 4) is 0 Å². The van der Waals surface area contributed by atoms with E-state index >= 15 is 0 Å². The Morgan fingerprint density at radius 2 is 1.11 bits per heavy atom. The van der Waals surface area contributed by atoms with Crippen molar-refractivity contribution in [2.75, 3.05) is 33.0 Å². The normalized spacial score (nSPS) is 10.4. The van der Waals surface area contributed by atoms with Crippen molar-refractivity contribution in [1.82, 2.24) is 0 Å². The molecule has 0 saturated carbocycles. The highest BCUT2D eigenvalue weighted by Gasteiger charge is 2.02. The molecule has 6 heteroatoms. The van der Waals surface area contributed by atoms with E-state index in [4.69, 9.17) is 19.3 Å². The zero-order valence-electron chi connectivity index (χ0n) is 23.5. The number of carboxylic acids is 1. The van der Waals surface area contributed by atoms with Crippen LogP contribution in [0.1, 0.15) is 123 Å². The maximum absolute atomic E-state index is 10.8. The molecule has 0 saturated heterocycles. The first-order valence-electron chi connectivity index (χ1n) is 14.3. The van der Waals surface area contributed by atoms with Gasteiger partial charge in [0.15, 0.2) is 0 Å². The minimum absolute atomic E-state index is 0.177. The van der Waals surface area contributed by atoms with Gasteiger partial charge < -0.3 is 19.3 Å². The molecule has 0 spiro atoms. The summed E-state index contributed by atoms with van der Waals surface area (Å²) in [6, 6.07) is 0. The summed E-state index contributed by atoms with van der Waals surface area (Å²) in [4.78, 5) is 21.1. The Morgan fingerprint density at radius 3 is 1.53 bits per heavy atom. The molecular formula is C30H56O6. The molecule has 0 fully saturated rings. The van der Waals surface area contributed by atoms with E-state index in [0.717, 1.165) is 6.42 Å². The summed E-state index contributed by atoms with van der Waals surface area (Å²) >= 11 is 0. The zero-order chi connectivity index (χ0) is 27.1. The van der Waals surface area contributed by atoms with Crippen LogP contribution >= 0.6 is 0 Å². The molecule has 1 N–H and O–H groups in total. The second-order valence-corrected chi connectivity index (χ2v) is 9.14. The minimum Gasteiger partial charge on any atom is -0.478 e. The van der Waals surface area contributed by atoms with E-state index < -0.39 is 5.97 Å². The van der Waals surface area contributed by atoms with Crippen molar-refractivity contribution in [2.45, 2.75) is 123 Å². The third kappa shape index (κ3) is 32.3. The van der Waals surface area contributed by atoms with Crippen LogP contribution in [-0.2, 0) is 23.8 Å². The number of carbonyl (C=O) groups is 2. The Morgan fingerprint density at radius 1 is 0.667 bits per heavy atom. The minimum atomic E-state index is -0.964. The van der Waals surface area contributed by atoms with E-state index in [9.17, 15) is 9.59 Å². The molecule has 0 rings (SSSR count). The summed E-state index contributed by atoms with van der Waals surface area (Å²) in [5.74, 6) is -1.26. The van der Waals surface area contributed by atoms with Gasteiger partial charge in [0.05, 0.1) is 26.4 Å². The van der Waals surface area contributed by atoms with Crippen LogP contribution in [0.4, 0.5) is 0 Å². The van der Waals surface area contributed by atoms with Gasteiger partial charge >= 0.3 is 11.9 Å². The molecule has 212 valence electrons. The van der Waals surface area contributed by atoms with Crippen LogP contribution in [0.3, 0.4) is 0 Å². The summed E-state index contributed by atoms with van der Waals surface area (Å²) in [5, 5.41) is 8.44. The summed E-state index contributed by atoms with van der Waals surface area (Å²) in [7, 11) is 0. The fourth-order valence-electron chi connectivity index (χ4n) is 3.55. The lowest BCUT2D eigenvalue weighted by Gasteiger charge is -2.04. The monoisotopic (exact) mass is 512 g/mol. The highest BCUT2D eigenvalue weighted by molar-refractivity contribution is 5.85. The molecule has 0 bridgehead atoms. The SMILES string of the molecule is C=C(CCOCCOCC)C(=O)O.C=CC(=O)OCCCCCCCCCCCCCCCCCC. The van der Waals surface area contributed by atoms with E-state index in [2.05, 4.69) is 20.1 Å². The lowest BCUT2D eigenvalue weighted by molar-refractivity contribution is -0.138. The molecule has 0 aliphatic heterocycles. The highest BCUT2D eigenvalue weighted by atomic mass is 16.5. The average Bonchev–Trinajstić information content (AvgIpc) is 2.87. The van der Waals surface area contributed by atoms with Crippen molar-refractivity contribution in [3.05, 3.63) is 24.8 Å². The van der Waals surface area contributed by atoms with Gasteiger partial charge in [0, 0.05) is 24.7 Å². The molecule has 0 aliphatic rings. The van der Waals surface area contributed by atoms with Crippen LogP contribution in [0.5, 0.6) is 0 Å². The van der Waals surface area contributed by atoms with Gasteiger partial charge in [-0.15, -0.1) is 0 Å². The molecule has 0 aliphatic carbocycles. The molecule has 0 atom stereocenters. The van der Waals surface area contributed by atoms with Crippen molar-refractivity contribution in [3.63, 3.8) is 0 Å². The van der Waals surface area contributed by atoms with Crippen LogP contribution in [0.2, 0.25) is 0 Å². The Kier molecular flexibility index (Phi) is 31.8. The number of hydrogen-bond donors (Lipinski definition) is 1. The molecular weight excluding hydrogens is 456 g/mol. The largest absolute Gasteiger partial charge is 0.478 e. The standard InChI is InChI=1S/C21H40O2.C9H16O4/c1-3-5-6-7-8-9-10-11-12-13-14-15-16-17-18-19-20-23-21(22)4-2;1-3-12-6-7-13-5-4-8(2)9(10)11/h4H,2-3,5-20H2,1H3;2-7H2,1H3,(H,10,11). The van der Waals surface area contributed by atoms with Gasteiger partial charge in [-0.1, -0.05) is 116 Å². The zero-order valence-corrected chi connectivity index (χ0v) is 23.5. The van der Waals surface area contributed by atoms with Gasteiger partial charge in [0.2, 0.25) is 0 Å². The summed E-state index contributed by atoms with van der Waals surface area (Å²) in [6.07, 6.45) is 23.3. The van der Waals surface area contributed by atoms with Crippen molar-refractivity contribution in [2.24, 2.45) is 0 Å². The Labute approximate surface area is 221 Å². The predicted molar refractivity (Wildman–Crippen MR) is 149 cm³/mol. The van der Waals surface area contributed by atoms with Crippen molar-refractivity contribution in [1.29, 1.82) is 0 Å². The smallest absolute Gasteiger partial charge is 0.331 e. The summed E-state index contributed by atoms with van der Waals surface area (Å²) in [6.45, 7) is 13.6. The maximum Gasteiger partial charge on any atom is 0.331 e. The Balaban J connectivity index is 0. The second kappa shape index (κ2) is 31.4. The van der Waals surface area contributed by atoms with Crippen LogP contribution in [0.15, 0.2) is 24.8 Å². The molecule has 0 unspecified atom stereocenters. The molecule has 0 aromatic rings. The van der Waals surface area contributed by atoms with Crippen LogP contribution < -0.4 is 0 Å². The van der Waals surface area contributed by atoms with Gasteiger partial charge in [0.25, 0.3) is 0 Å². The van der Waals surface area contributed by atoms with E-state index in [-0.39, 0.29) is 11.5 Å². The molecule has 36 heavy (non-hydrogen) atoms. The third-order valence-corrected chi connectivity index (χ3v) is 5.84. The number of carbonyl (C=O) groups excluding carboxylic acids is 1. The third-order valence-electron chi connectivity index (χ3n) is 5.84. The predicted octanol–water partition coefficient (Wildman–Crippen LogP) is 8.05. The Hall–Kier alpha value is -1.66.